The number of carbonyl (C=O) groups is 1. The molecule has 1 saturated carbocycles. The molecule has 4 N–H and O–H groups in total. The Kier molecular flexibility index (Phi) is 8.62. The fourth-order valence-corrected chi connectivity index (χ4v) is 3.88. The lowest BCUT2D eigenvalue weighted by Crippen LogP contribution is -2.30. The van der Waals surface area contributed by atoms with Gasteiger partial charge in [-0.2, -0.15) is 0 Å². The van der Waals surface area contributed by atoms with E-state index >= 15 is 0 Å². The summed E-state index contributed by atoms with van der Waals surface area (Å²) in [5.74, 6) is -0.738. The molecule has 0 aliphatic heterocycles. The number of unbranched alkanes of at least 4 members (excludes halogenated alkanes) is 5. The highest BCUT2D eigenvalue weighted by Gasteiger charge is 2.44. The van der Waals surface area contributed by atoms with Gasteiger partial charge in [-0.3, -0.25) is 10.3 Å². The highest BCUT2D eigenvalue weighted by atomic mass is 16.7. The van der Waals surface area contributed by atoms with Gasteiger partial charge in [-0.15, -0.1) is 0 Å². The molecule has 0 amide bonds. The van der Waals surface area contributed by atoms with Crippen LogP contribution in [0.3, 0.4) is 0 Å². The molecular formula is C20H33NO5. The van der Waals surface area contributed by atoms with Crippen LogP contribution in [0, 0.1) is 11.8 Å². The number of hydrogen-bond acceptors (Lipinski definition) is 5. The van der Waals surface area contributed by atoms with E-state index in [0.717, 1.165) is 37.0 Å². The fraction of sp³-hybridized carbons (Fsp3) is 0.750. The van der Waals surface area contributed by atoms with Gasteiger partial charge in [0, 0.05) is 11.6 Å². The zero-order valence-electron chi connectivity index (χ0n) is 15.7. The predicted octanol–water partition coefficient (Wildman–Crippen LogP) is 2.91. The molecule has 6 heteroatoms. The van der Waals surface area contributed by atoms with Crippen LogP contribution in [0.5, 0.6) is 0 Å². The molecule has 0 aromatic rings. The minimum Gasteiger partial charge on any atom is -0.479 e. The molecule has 2 rings (SSSR count). The Balaban J connectivity index is 1.70. The van der Waals surface area contributed by atoms with Crippen LogP contribution in [-0.4, -0.2) is 40.1 Å². The number of allylic oxidation sites excluding steroid dienone is 1. The molecule has 26 heavy (non-hydrogen) atoms. The average Bonchev–Trinajstić information content (AvgIpc) is 2.83. The van der Waals surface area contributed by atoms with Gasteiger partial charge in [-0.05, 0) is 30.8 Å². The van der Waals surface area contributed by atoms with Crippen molar-refractivity contribution in [2.24, 2.45) is 11.8 Å². The third-order valence-electron chi connectivity index (χ3n) is 5.40. The number of aliphatic hydroxyl groups excluding tert-OH is 2. The van der Waals surface area contributed by atoms with Gasteiger partial charge in [0.1, 0.15) is 0 Å². The summed E-state index contributed by atoms with van der Waals surface area (Å²) in [6, 6.07) is 0. The van der Waals surface area contributed by atoms with E-state index in [9.17, 15) is 15.0 Å². The standard InChI is InChI=1S/C20H33NO5/c1-2-3-4-5-6-7-8-14(22)9-10-15-16-11-18(17(16)12-19(15)23)21-26-13-20(24)25/h9-10,14-16,19,21-23H,2-8,11-13H2,1H3,(H,24,25)/t14?,15?,16-,19?/m0/s1. The molecule has 148 valence electrons. The molecule has 0 aromatic heterocycles. The van der Waals surface area contributed by atoms with Crippen LogP contribution >= 0.6 is 0 Å². The first-order valence-electron chi connectivity index (χ1n) is 9.88. The monoisotopic (exact) mass is 367 g/mol. The third kappa shape index (κ3) is 6.11. The molecular weight excluding hydrogens is 334 g/mol. The summed E-state index contributed by atoms with van der Waals surface area (Å²) in [6.45, 7) is 1.81. The second-order valence-corrected chi connectivity index (χ2v) is 7.46. The van der Waals surface area contributed by atoms with Crippen LogP contribution < -0.4 is 5.48 Å². The van der Waals surface area contributed by atoms with Gasteiger partial charge in [0.2, 0.25) is 0 Å². The summed E-state index contributed by atoms with van der Waals surface area (Å²) in [5, 5.41) is 29.0. The molecule has 2 aliphatic carbocycles. The van der Waals surface area contributed by atoms with Gasteiger partial charge in [0.25, 0.3) is 0 Å². The van der Waals surface area contributed by atoms with Gasteiger partial charge in [0.05, 0.1) is 12.2 Å². The summed E-state index contributed by atoms with van der Waals surface area (Å²) in [6.07, 6.45) is 12.2. The molecule has 6 nitrogen and oxygen atoms in total. The number of aliphatic hydroxyl groups is 2. The van der Waals surface area contributed by atoms with Crippen LogP contribution in [0.15, 0.2) is 23.4 Å². The Labute approximate surface area is 155 Å². The number of hydrogen-bond donors (Lipinski definition) is 4. The molecule has 0 radical (unpaired) electrons. The fourth-order valence-electron chi connectivity index (χ4n) is 3.88. The number of aliphatic carboxylic acids is 1. The molecule has 1 fully saturated rings. The molecule has 0 aromatic carbocycles. The second-order valence-electron chi connectivity index (χ2n) is 7.46. The third-order valence-corrected chi connectivity index (χ3v) is 5.40. The Morgan fingerprint density at radius 1 is 1.27 bits per heavy atom. The van der Waals surface area contributed by atoms with Crippen molar-refractivity contribution >= 4 is 5.97 Å². The number of carboxylic acids is 1. The van der Waals surface area contributed by atoms with Crippen molar-refractivity contribution in [1.82, 2.24) is 5.48 Å². The van der Waals surface area contributed by atoms with Gasteiger partial charge in [-0.25, -0.2) is 4.79 Å². The van der Waals surface area contributed by atoms with Crippen molar-refractivity contribution in [3.63, 3.8) is 0 Å². The Morgan fingerprint density at radius 3 is 2.73 bits per heavy atom. The summed E-state index contributed by atoms with van der Waals surface area (Å²) in [7, 11) is 0. The number of fused-ring (bicyclic) bond motifs is 1. The number of hydroxylamine groups is 1. The first-order chi connectivity index (χ1) is 12.5. The Hall–Kier alpha value is -1.37. The van der Waals surface area contributed by atoms with Crippen molar-refractivity contribution in [3.05, 3.63) is 23.4 Å². The summed E-state index contributed by atoms with van der Waals surface area (Å²) < 4.78 is 0. The van der Waals surface area contributed by atoms with Crippen LogP contribution in [0.1, 0.15) is 64.7 Å². The van der Waals surface area contributed by atoms with Gasteiger partial charge >= 0.3 is 5.97 Å². The van der Waals surface area contributed by atoms with Crippen LogP contribution in [0.4, 0.5) is 0 Å². The minimum absolute atomic E-state index is 0.0224. The lowest BCUT2D eigenvalue weighted by molar-refractivity contribution is -0.144. The lowest BCUT2D eigenvalue weighted by atomic mass is 9.79. The normalized spacial score (nSPS) is 26.0. The Bertz CT molecular complexity index is 516. The first-order valence-corrected chi connectivity index (χ1v) is 9.88. The maximum atomic E-state index is 10.5. The van der Waals surface area contributed by atoms with Crippen molar-refractivity contribution < 1.29 is 25.0 Å². The van der Waals surface area contributed by atoms with Gasteiger partial charge < -0.3 is 15.3 Å². The first kappa shape index (κ1) is 20.9. The van der Waals surface area contributed by atoms with Crippen molar-refractivity contribution in [2.75, 3.05) is 6.61 Å². The van der Waals surface area contributed by atoms with Gasteiger partial charge in [0.15, 0.2) is 6.61 Å². The molecule has 4 atom stereocenters. The van der Waals surface area contributed by atoms with Crippen molar-refractivity contribution in [3.8, 4) is 0 Å². The van der Waals surface area contributed by atoms with E-state index in [1.54, 1.807) is 0 Å². The summed E-state index contributed by atoms with van der Waals surface area (Å²) in [5.41, 5.74) is 4.69. The lowest BCUT2D eigenvalue weighted by Gasteiger charge is -2.31. The molecule has 3 unspecified atom stereocenters. The number of rotatable bonds is 13. The van der Waals surface area contributed by atoms with E-state index < -0.39 is 24.8 Å². The van der Waals surface area contributed by atoms with Gasteiger partial charge in [-0.1, -0.05) is 57.6 Å². The molecule has 0 saturated heterocycles. The minimum atomic E-state index is -1.02. The van der Waals surface area contributed by atoms with E-state index in [-0.39, 0.29) is 11.8 Å². The average molecular weight is 367 g/mol. The zero-order chi connectivity index (χ0) is 18.9. The van der Waals surface area contributed by atoms with E-state index in [1.165, 1.54) is 25.7 Å². The summed E-state index contributed by atoms with van der Waals surface area (Å²) >= 11 is 0. The van der Waals surface area contributed by atoms with Crippen molar-refractivity contribution in [1.29, 1.82) is 0 Å². The number of nitrogens with one attached hydrogen (secondary N) is 1. The smallest absolute Gasteiger partial charge is 0.332 e. The molecule has 2 aliphatic rings. The largest absolute Gasteiger partial charge is 0.479 e. The Morgan fingerprint density at radius 2 is 2.00 bits per heavy atom. The number of carboxylic acid groups (broad SMARTS) is 1. The van der Waals surface area contributed by atoms with Crippen LogP contribution in [-0.2, 0) is 9.63 Å². The molecule has 0 bridgehead atoms. The topological polar surface area (TPSA) is 99.0 Å². The van der Waals surface area contributed by atoms with Crippen LogP contribution in [0.2, 0.25) is 0 Å². The highest BCUT2D eigenvalue weighted by molar-refractivity contribution is 5.67. The quantitative estimate of drug-likeness (QED) is 0.227. The van der Waals surface area contributed by atoms with E-state index in [2.05, 4.69) is 12.4 Å². The highest BCUT2D eigenvalue weighted by Crippen LogP contribution is 2.49. The van der Waals surface area contributed by atoms with E-state index in [4.69, 9.17) is 9.94 Å². The van der Waals surface area contributed by atoms with Crippen molar-refractivity contribution in [2.45, 2.75) is 76.9 Å². The maximum Gasteiger partial charge on any atom is 0.332 e. The zero-order valence-corrected chi connectivity index (χ0v) is 15.7. The van der Waals surface area contributed by atoms with E-state index in [1.807, 2.05) is 12.2 Å². The second kappa shape index (κ2) is 10.7. The molecule has 0 spiro atoms. The predicted molar refractivity (Wildman–Crippen MR) is 99.1 cm³/mol. The maximum absolute atomic E-state index is 10.5. The SMILES string of the molecule is CCCCCCCCC(O)C=CC1C(O)CC2=C(NOCC(=O)O)C[C@H]21. The summed E-state index contributed by atoms with van der Waals surface area (Å²) in [4.78, 5) is 15.4. The van der Waals surface area contributed by atoms with E-state index in [0.29, 0.717) is 6.42 Å². The van der Waals surface area contributed by atoms with Crippen LogP contribution in [0.25, 0.3) is 0 Å². The molecule has 0 heterocycles.